The molecule has 0 radical (unpaired) electrons. The first-order chi connectivity index (χ1) is 9.89. The standard InChI is InChI=1S/C12H14F8N2/c1-3-5-21-9-7(11(15,16)17)8(22(9)6-4-2)10(13,14)12(18,19)20/h3-6H2,1-2H3. The highest BCUT2D eigenvalue weighted by molar-refractivity contribution is 6.07. The number of alkyl halides is 8. The van der Waals surface area contributed by atoms with Gasteiger partial charge in [0, 0.05) is 13.1 Å². The average molecular weight is 338 g/mol. The fourth-order valence-electron chi connectivity index (χ4n) is 1.97. The Labute approximate surface area is 121 Å². The van der Waals surface area contributed by atoms with Crippen LogP contribution in [-0.4, -0.2) is 42.1 Å². The molecule has 128 valence electrons. The van der Waals surface area contributed by atoms with E-state index in [0.717, 1.165) is 0 Å². The Morgan fingerprint density at radius 2 is 1.45 bits per heavy atom. The molecule has 2 nitrogen and oxygen atoms in total. The van der Waals surface area contributed by atoms with Crippen molar-refractivity contribution in [2.24, 2.45) is 4.99 Å². The van der Waals surface area contributed by atoms with Gasteiger partial charge in [0.2, 0.25) is 0 Å². The van der Waals surface area contributed by atoms with Crippen LogP contribution in [0.25, 0.3) is 0 Å². The molecule has 1 aliphatic rings. The van der Waals surface area contributed by atoms with Crippen LogP contribution in [0.5, 0.6) is 0 Å². The number of hydrogen-bond acceptors (Lipinski definition) is 1. The zero-order valence-electron chi connectivity index (χ0n) is 11.7. The van der Waals surface area contributed by atoms with Crippen molar-refractivity contribution in [3.8, 4) is 0 Å². The molecule has 0 N–H and O–H groups in total. The predicted octanol–water partition coefficient (Wildman–Crippen LogP) is 4.53. The monoisotopic (exact) mass is 338 g/mol. The summed E-state index contributed by atoms with van der Waals surface area (Å²) in [6.45, 7) is 2.55. The summed E-state index contributed by atoms with van der Waals surface area (Å²) >= 11 is 0. The normalized spacial score (nSPS) is 19.0. The fraction of sp³-hybridized carbons (Fsp3) is 0.750. The third kappa shape index (κ3) is 3.19. The highest BCUT2D eigenvalue weighted by Crippen LogP contribution is 2.51. The quantitative estimate of drug-likeness (QED) is 0.672. The molecule has 0 spiro atoms. The molecule has 0 aromatic rings. The van der Waals surface area contributed by atoms with Gasteiger partial charge in [-0.25, -0.2) is 0 Å². The second-order valence-corrected chi connectivity index (χ2v) is 4.65. The van der Waals surface area contributed by atoms with Crippen LogP contribution in [0, 0.1) is 0 Å². The van der Waals surface area contributed by atoms with Crippen LogP contribution in [0.3, 0.4) is 0 Å². The van der Waals surface area contributed by atoms with E-state index in [-0.39, 0.29) is 13.0 Å². The highest BCUT2D eigenvalue weighted by atomic mass is 19.4. The van der Waals surface area contributed by atoms with Crippen LogP contribution in [-0.2, 0) is 0 Å². The van der Waals surface area contributed by atoms with E-state index < -0.39 is 41.9 Å². The highest BCUT2D eigenvalue weighted by Gasteiger charge is 2.68. The molecule has 0 amide bonds. The summed E-state index contributed by atoms with van der Waals surface area (Å²) in [7, 11) is 0. The summed E-state index contributed by atoms with van der Waals surface area (Å²) in [5.41, 5.74) is -4.05. The lowest BCUT2D eigenvalue weighted by atomic mass is 9.95. The van der Waals surface area contributed by atoms with Crippen molar-refractivity contribution in [3.63, 3.8) is 0 Å². The van der Waals surface area contributed by atoms with E-state index >= 15 is 0 Å². The van der Waals surface area contributed by atoms with Crippen LogP contribution in [0.4, 0.5) is 35.1 Å². The molecule has 0 saturated carbocycles. The van der Waals surface area contributed by atoms with Gasteiger partial charge in [-0.15, -0.1) is 0 Å². The number of halogens is 8. The summed E-state index contributed by atoms with van der Waals surface area (Å²) in [6.07, 6.45) is -11.0. The molecule has 1 heterocycles. The molecule has 10 heteroatoms. The zero-order valence-corrected chi connectivity index (χ0v) is 11.7. The summed E-state index contributed by atoms with van der Waals surface area (Å²) in [5, 5.41) is 0. The van der Waals surface area contributed by atoms with Gasteiger partial charge in [0.25, 0.3) is 0 Å². The van der Waals surface area contributed by atoms with Crippen LogP contribution < -0.4 is 0 Å². The van der Waals surface area contributed by atoms with E-state index in [9.17, 15) is 35.1 Å². The molecule has 0 atom stereocenters. The number of hydrogen-bond donors (Lipinski definition) is 0. The first-order valence-corrected chi connectivity index (χ1v) is 6.48. The largest absolute Gasteiger partial charge is 0.459 e. The van der Waals surface area contributed by atoms with E-state index in [1.54, 1.807) is 6.92 Å². The van der Waals surface area contributed by atoms with Gasteiger partial charge in [-0.2, -0.15) is 35.1 Å². The minimum Gasteiger partial charge on any atom is -0.324 e. The lowest BCUT2D eigenvalue weighted by Crippen LogP contribution is -2.57. The smallest absolute Gasteiger partial charge is 0.324 e. The summed E-state index contributed by atoms with van der Waals surface area (Å²) < 4.78 is 103. The first-order valence-electron chi connectivity index (χ1n) is 6.48. The molecule has 0 saturated heterocycles. The van der Waals surface area contributed by atoms with Crippen molar-refractivity contribution in [3.05, 3.63) is 11.3 Å². The molecular weight excluding hydrogens is 324 g/mol. The van der Waals surface area contributed by atoms with Gasteiger partial charge >= 0.3 is 18.3 Å². The van der Waals surface area contributed by atoms with Crippen molar-refractivity contribution in [1.29, 1.82) is 0 Å². The van der Waals surface area contributed by atoms with Crippen LogP contribution in [0.2, 0.25) is 0 Å². The second-order valence-electron chi connectivity index (χ2n) is 4.65. The van der Waals surface area contributed by atoms with Crippen LogP contribution >= 0.6 is 0 Å². The molecule has 0 aromatic carbocycles. The van der Waals surface area contributed by atoms with Crippen LogP contribution in [0.1, 0.15) is 26.7 Å². The molecular formula is C12H14F8N2. The summed E-state index contributed by atoms with van der Waals surface area (Å²) in [5.74, 6) is -6.44. The minimum absolute atomic E-state index is 0.0910. The summed E-state index contributed by atoms with van der Waals surface area (Å²) in [6, 6.07) is 0. The Morgan fingerprint density at radius 3 is 1.82 bits per heavy atom. The van der Waals surface area contributed by atoms with Gasteiger partial charge in [0.05, 0.1) is 0 Å². The maximum atomic E-state index is 13.4. The van der Waals surface area contributed by atoms with Gasteiger partial charge in [0.15, 0.2) is 0 Å². The Hall–Kier alpha value is -1.35. The van der Waals surface area contributed by atoms with E-state index in [2.05, 4.69) is 4.99 Å². The van der Waals surface area contributed by atoms with Gasteiger partial charge in [-0.3, -0.25) is 4.99 Å². The van der Waals surface area contributed by atoms with E-state index in [4.69, 9.17) is 0 Å². The third-order valence-corrected chi connectivity index (χ3v) is 2.86. The Morgan fingerprint density at radius 1 is 0.909 bits per heavy atom. The van der Waals surface area contributed by atoms with Crippen LogP contribution in [0.15, 0.2) is 16.3 Å². The SMILES string of the molecule is CCCN=C1C(C(F)(F)F)=C(C(F)(F)C(F)(F)F)N1CCC. The average Bonchev–Trinajstić information content (AvgIpc) is 2.30. The van der Waals surface area contributed by atoms with Gasteiger partial charge < -0.3 is 4.90 Å². The lowest BCUT2D eigenvalue weighted by molar-refractivity contribution is -0.272. The molecule has 22 heavy (non-hydrogen) atoms. The van der Waals surface area contributed by atoms with Crippen molar-refractivity contribution < 1.29 is 35.1 Å². The van der Waals surface area contributed by atoms with Gasteiger partial charge in [-0.1, -0.05) is 13.8 Å². The summed E-state index contributed by atoms with van der Waals surface area (Å²) in [4.78, 5) is 3.82. The van der Waals surface area contributed by atoms with E-state index in [0.29, 0.717) is 11.3 Å². The molecule has 1 rings (SSSR count). The second kappa shape index (κ2) is 6.04. The lowest BCUT2D eigenvalue weighted by Gasteiger charge is -2.43. The maximum absolute atomic E-state index is 13.4. The molecule has 0 aromatic heterocycles. The molecule has 0 fully saturated rings. The Balaban J connectivity index is 3.49. The Bertz CT molecular complexity index is 472. The van der Waals surface area contributed by atoms with E-state index in [1.165, 1.54) is 6.92 Å². The maximum Gasteiger partial charge on any atom is 0.459 e. The number of amidine groups is 1. The predicted molar refractivity (Wildman–Crippen MR) is 63.7 cm³/mol. The third-order valence-electron chi connectivity index (χ3n) is 2.86. The minimum atomic E-state index is -6.11. The molecule has 1 aliphatic heterocycles. The van der Waals surface area contributed by atoms with Crippen molar-refractivity contribution in [2.45, 2.75) is 45.0 Å². The topological polar surface area (TPSA) is 15.6 Å². The molecule has 0 aliphatic carbocycles. The number of nitrogens with zero attached hydrogens (tertiary/aromatic N) is 2. The Kier molecular flexibility index (Phi) is 5.13. The number of rotatable bonds is 5. The van der Waals surface area contributed by atoms with Crippen molar-refractivity contribution in [2.75, 3.05) is 13.1 Å². The van der Waals surface area contributed by atoms with Crippen molar-refractivity contribution >= 4 is 5.84 Å². The van der Waals surface area contributed by atoms with Gasteiger partial charge in [-0.05, 0) is 12.8 Å². The van der Waals surface area contributed by atoms with E-state index in [1.807, 2.05) is 0 Å². The van der Waals surface area contributed by atoms with Gasteiger partial charge in [0.1, 0.15) is 17.1 Å². The fourth-order valence-corrected chi connectivity index (χ4v) is 1.97. The zero-order chi connectivity index (χ0) is 17.3. The molecule has 0 bridgehead atoms. The van der Waals surface area contributed by atoms with Crippen molar-refractivity contribution in [1.82, 2.24) is 4.90 Å². The number of aliphatic imine (C=N–C) groups is 1. The number of allylic oxidation sites excluding steroid dienone is 1. The first kappa shape index (κ1) is 18.7. The molecule has 0 unspecified atom stereocenters.